The number of nitrogens with zero attached hydrogens (tertiary/aromatic N) is 5. The van der Waals surface area contributed by atoms with Gasteiger partial charge in [0.15, 0.2) is 0 Å². The first-order chi connectivity index (χ1) is 20.8. The number of carbonyl (C=O) groups is 1. The van der Waals surface area contributed by atoms with Gasteiger partial charge in [-0.3, -0.25) is 14.6 Å². The molecule has 220 valence electrons. The van der Waals surface area contributed by atoms with Gasteiger partial charge in [-0.15, -0.1) is 0 Å². The monoisotopic (exact) mass is 579 g/mol. The van der Waals surface area contributed by atoms with E-state index in [-0.39, 0.29) is 29.5 Å². The summed E-state index contributed by atoms with van der Waals surface area (Å²) in [6, 6.07) is 13.7. The topological polar surface area (TPSA) is 97.1 Å². The number of likely N-dealkylation sites (N-methyl/N-ethyl adjacent to an activating group) is 1. The van der Waals surface area contributed by atoms with Crippen LogP contribution in [0.5, 0.6) is 0 Å². The first kappa shape index (κ1) is 28.3. The van der Waals surface area contributed by atoms with Gasteiger partial charge in [0.25, 0.3) is 5.56 Å². The van der Waals surface area contributed by atoms with E-state index in [4.69, 9.17) is 0 Å². The Bertz CT molecular complexity index is 1870. The summed E-state index contributed by atoms with van der Waals surface area (Å²) in [5, 5.41) is 6.51. The van der Waals surface area contributed by atoms with Crippen molar-refractivity contribution in [3.63, 3.8) is 0 Å². The van der Waals surface area contributed by atoms with Gasteiger partial charge in [0.05, 0.1) is 35.7 Å². The van der Waals surface area contributed by atoms with Crippen molar-refractivity contribution in [3.05, 3.63) is 101 Å². The first-order valence-electron chi connectivity index (χ1n) is 14.5. The van der Waals surface area contributed by atoms with Crippen LogP contribution in [0.2, 0.25) is 0 Å². The molecule has 9 nitrogen and oxygen atoms in total. The second kappa shape index (κ2) is 11.8. The summed E-state index contributed by atoms with van der Waals surface area (Å²) in [6.45, 7) is 5.81. The number of pyridine rings is 3. The van der Waals surface area contributed by atoms with Crippen LogP contribution in [0.25, 0.3) is 27.8 Å². The summed E-state index contributed by atoms with van der Waals surface area (Å²) in [6.07, 6.45) is 9.46. The van der Waals surface area contributed by atoms with Crippen molar-refractivity contribution in [2.75, 3.05) is 30.4 Å². The van der Waals surface area contributed by atoms with E-state index in [1.807, 2.05) is 42.0 Å². The van der Waals surface area contributed by atoms with Crippen molar-refractivity contribution in [1.29, 1.82) is 0 Å². The molecule has 1 aromatic carbocycles. The minimum atomic E-state index is -0.468. The Morgan fingerprint density at radius 1 is 1.07 bits per heavy atom. The Hall–Kier alpha value is -4.83. The number of hydrogen-bond donors (Lipinski definition) is 2. The number of carbonyl (C=O) groups excluding carboxylic acids is 1. The normalized spacial score (nSPS) is 13.9. The van der Waals surface area contributed by atoms with Crippen molar-refractivity contribution in [2.45, 2.75) is 39.3 Å². The van der Waals surface area contributed by atoms with Crippen LogP contribution in [0.4, 0.5) is 15.9 Å². The highest BCUT2D eigenvalue weighted by Gasteiger charge is 2.19. The molecular weight excluding hydrogens is 545 g/mol. The molecule has 1 aliphatic heterocycles. The summed E-state index contributed by atoms with van der Waals surface area (Å²) < 4.78 is 17.6. The fraction of sp³-hybridized carbons (Fsp3) is 0.273. The van der Waals surface area contributed by atoms with Gasteiger partial charge in [-0.2, -0.15) is 0 Å². The predicted molar refractivity (Wildman–Crippen MR) is 167 cm³/mol. The fourth-order valence-electron chi connectivity index (χ4n) is 5.61. The van der Waals surface area contributed by atoms with Gasteiger partial charge in [-0.25, -0.2) is 9.37 Å². The number of aryl methyl sites for hydroxylation is 1. The predicted octanol–water partition coefficient (Wildman–Crippen LogP) is 4.89. The molecule has 0 radical (unpaired) electrons. The van der Waals surface area contributed by atoms with E-state index < -0.39 is 6.04 Å². The second-order valence-electron chi connectivity index (χ2n) is 11.0. The van der Waals surface area contributed by atoms with E-state index in [0.717, 1.165) is 65.0 Å². The van der Waals surface area contributed by atoms with E-state index in [1.54, 1.807) is 49.3 Å². The molecule has 1 amide bonds. The third-order valence-corrected chi connectivity index (χ3v) is 8.09. The third-order valence-electron chi connectivity index (χ3n) is 8.09. The maximum absolute atomic E-state index is 14.0. The quantitative estimate of drug-likeness (QED) is 0.272. The van der Waals surface area contributed by atoms with Crippen molar-refractivity contribution < 1.29 is 9.18 Å². The van der Waals surface area contributed by atoms with Crippen LogP contribution in [-0.2, 0) is 11.3 Å². The van der Waals surface area contributed by atoms with Gasteiger partial charge in [0.2, 0.25) is 5.91 Å². The van der Waals surface area contributed by atoms with E-state index in [0.29, 0.717) is 5.69 Å². The molecule has 4 aromatic heterocycles. The van der Waals surface area contributed by atoms with Gasteiger partial charge in [-0.1, -0.05) is 0 Å². The van der Waals surface area contributed by atoms with Gasteiger partial charge >= 0.3 is 0 Å². The Morgan fingerprint density at radius 3 is 2.67 bits per heavy atom. The van der Waals surface area contributed by atoms with E-state index >= 15 is 0 Å². The zero-order valence-corrected chi connectivity index (χ0v) is 24.5. The highest BCUT2D eigenvalue weighted by atomic mass is 19.1. The molecule has 43 heavy (non-hydrogen) atoms. The first-order valence-corrected chi connectivity index (χ1v) is 14.5. The van der Waals surface area contributed by atoms with Crippen molar-refractivity contribution in [2.24, 2.45) is 0 Å². The van der Waals surface area contributed by atoms with Gasteiger partial charge in [0.1, 0.15) is 17.3 Å². The van der Waals surface area contributed by atoms with E-state index in [2.05, 4.69) is 25.5 Å². The summed E-state index contributed by atoms with van der Waals surface area (Å²) in [4.78, 5) is 38.0. The van der Waals surface area contributed by atoms with Crippen LogP contribution in [0.1, 0.15) is 30.9 Å². The zero-order valence-electron chi connectivity index (χ0n) is 24.5. The molecule has 0 spiro atoms. The number of nitrogens with one attached hydrogen (secondary N) is 2. The van der Waals surface area contributed by atoms with Crippen LogP contribution < -0.4 is 21.1 Å². The van der Waals surface area contributed by atoms with Gasteiger partial charge < -0.3 is 24.7 Å². The molecular formula is C33H34FN7O2. The molecule has 10 heteroatoms. The fourth-order valence-corrected chi connectivity index (χ4v) is 5.61. The Balaban J connectivity index is 1.42. The number of benzene rings is 1. The number of halogens is 1. The molecule has 0 aliphatic carbocycles. The molecule has 1 unspecified atom stereocenters. The minimum Gasteiger partial charge on any atom is -0.357 e. The Morgan fingerprint density at radius 2 is 1.88 bits per heavy atom. The molecule has 6 rings (SSSR count). The highest BCUT2D eigenvalue weighted by Crippen LogP contribution is 2.28. The molecule has 2 N–H and O–H groups in total. The van der Waals surface area contributed by atoms with E-state index in [1.165, 1.54) is 12.1 Å². The number of anilines is 2. The lowest BCUT2D eigenvalue weighted by atomic mass is 10.1. The standard InChI is InChI=1S/C33H34FN7O2/c1-21-19-40(30-8-6-25(34)16-27(21)30)26-14-23(17-36-18-26)20-41-29(9-7-28(33(41)43)38-32(42)22(2)35-3)24-10-11-37-31(15-24)39-12-4-5-13-39/h6-11,14-19,22,35H,4-5,12-13,20H2,1-3H3,(H,38,42). The molecule has 1 saturated heterocycles. The van der Waals surface area contributed by atoms with Crippen LogP contribution >= 0.6 is 0 Å². The third kappa shape index (κ3) is 5.65. The van der Waals surface area contributed by atoms with Gasteiger partial charge in [-0.05, 0) is 93.4 Å². The molecule has 1 atom stereocenters. The lowest BCUT2D eigenvalue weighted by molar-refractivity contribution is -0.117. The highest BCUT2D eigenvalue weighted by molar-refractivity contribution is 5.94. The number of rotatable bonds is 8. The molecule has 5 heterocycles. The van der Waals surface area contributed by atoms with Crippen molar-refractivity contribution >= 4 is 28.3 Å². The minimum absolute atomic E-state index is 0.197. The van der Waals surface area contributed by atoms with Crippen molar-refractivity contribution in [1.82, 2.24) is 24.4 Å². The number of aromatic nitrogens is 4. The molecule has 1 aliphatic rings. The van der Waals surface area contributed by atoms with E-state index in [9.17, 15) is 14.0 Å². The summed E-state index contributed by atoms with van der Waals surface area (Å²) >= 11 is 0. The Labute approximate surface area is 249 Å². The molecule has 0 saturated carbocycles. The SMILES string of the molecule is CNC(C)C(=O)Nc1ccc(-c2ccnc(N3CCCC3)c2)n(Cc2cncc(-n3cc(C)c4cc(F)ccc43)c2)c1=O. The number of hydrogen-bond acceptors (Lipinski definition) is 6. The largest absolute Gasteiger partial charge is 0.357 e. The van der Waals surface area contributed by atoms with Crippen LogP contribution in [0.3, 0.4) is 0 Å². The lowest BCUT2D eigenvalue weighted by Crippen LogP contribution is -2.37. The lowest BCUT2D eigenvalue weighted by Gasteiger charge is -2.19. The number of amides is 1. The summed E-state index contributed by atoms with van der Waals surface area (Å²) in [7, 11) is 1.69. The van der Waals surface area contributed by atoms with Crippen molar-refractivity contribution in [3.8, 4) is 16.9 Å². The zero-order chi connectivity index (χ0) is 30.1. The Kier molecular flexibility index (Phi) is 7.77. The second-order valence-corrected chi connectivity index (χ2v) is 11.0. The summed E-state index contributed by atoms with van der Waals surface area (Å²) in [5.41, 5.74) is 4.84. The molecule has 5 aromatic rings. The smallest absolute Gasteiger partial charge is 0.275 e. The average Bonchev–Trinajstić information content (AvgIpc) is 3.67. The molecule has 1 fully saturated rings. The average molecular weight is 580 g/mol. The maximum Gasteiger partial charge on any atom is 0.275 e. The maximum atomic E-state index is 14.0. The van der Waals surface area contributed by atoms with Crippen LogP contribution in [0.15, 0.2) is 78.1 Å². The van der Waals surface area contributed by atoms with Gasteiger partial charge in [0, 0.05) is 42.6 Å². The summed E-state index contributed by atoms with van der Waals surface area (Å²) in [5.74, 6) is 0.297. The number of fused-ring (bicyclic) bond motifs is 1. The molecule has 0 bridgehead atoms. The van der Waals surface area contributed by atoms with Crippen LogP contribution in [0, 0.1) is 12.7 Å². The van der Waals surface area contributed by atoms with Crippen LogP contribution in [-0.4, -0.2) is 51.2 Å².